The highest BCUT2D eigenvalue weighted by Crippen LogP contribution is 2.32. The molecule has 0 spiro atoms. The second kappa shape index (κ2) is 7.88. The van der Waals surface area contributed by atoms with Crippen molar-refractivity contribution in [3.8, 4) is 28.5 Å². The van der Waals surface area contributed by atoms with Crippen molar-refractivity contribution in [3.05, 3.63) is 66.0 Å². The van der Waals surface area contributed by atoms with Crippen molar-refractivity contribution in [2.24, 2.45) is 0 Å². The van der Waals surface area contributed by atoms with E-state index < -0.39 is 0 Å². The highest BCUT2D eigenvalue weighted by molar-refractivity contribution is 5.80. The van der Waals surface area contributed by atoms with Gasteiger partial charge in [0.25, 0.3) is 0 Å². The molecular formula is C22H21FN4. The Morgan fingerprint density at radius 3 is 2.15 bits per heavy atom. The Bertz CT molecular complexity index is 969. The highest BCUT2D eigenvalue weighted by Gasteiger charge is 2.14. The van der Waals surface area contributed by atoms with Crippen LogP contribution in [0.15, 0.2) is 54.6 Å². The van der Waals surface area contributed by atoms with E-state index in [4.69, 9.17) is 5.73 Å². The number of halogens is 1. The molecule has 0 radical (unpaired) electrons. The smallest absolute Gasteiger partial charge is 0.142 e. The standard InChI is InChI=1S/C22H21FN4/c1-3-27(4-2)18-11-7-15(8-12-18)19-13-21(26-22(25)20(19)14-24)16-5-9-17(23)10-6-16/h5-13H,3-4H2,1-2H3,(H2,25,26). The molecule has 0 saturated carbocycles. The Hall–Kier alpha value is -3.39. The molecule has 0 atom stereocenters. The molecule has 3 aromatic rings. The third-order valence-electron chi connectivity index (χ3n) is 4.61. The summed E-state index contributed by atoms with van der Waals surface area (Å²) >= 11 is 0. The van der Waals surface area contributed by atoms with Gasteiger partial charge in [-0.25, -0.2) is 9.37 Å². The fourth-order valence-corrected chi connectivity index (χ4v) is 3.12. The van der Waals surface area contributed by atoms with Crippen LogP contribution in [0.1, 0.15) is 19.4 Å². The molecule has 5 heteroatoms. The molecule has 0 unspecified atom stereocenters. The van der Waals surface area contributed by atoms with E-state index in [1.54, 1.807) is 12.1 Å². The van der Waals surface area contributed by atoms with E-state index in [2.05, 4.69) is 29.8 Å². The maximum absolute atomic E-state index is 13.2. The molecule has 0 amide bonds. The molecular weight excluding hydrogens is 339 g/mol. The summed E-state index contributed by atoms with van der Waals surface area (Å²) in [6, 6.07) is 18.1. The van der Waals surface area contributed by atoms with Gasteiger partial charge in [0.05, 0.1) is 5.69 Å². The third-order valence-corrected chi connectivity index (χ3v) is 4.61. The number of anilines is 2. The predicted molar refractivity (Wildman–Crippen MR) is 108 cm³/mol. The molecule has 1 heterocycles. The van der Waals surface area contributed by atoms with Crippen molar-refractivity contribution in [2.45, 2.75) is 13.8 Å². The van der Waals surface area contributed by atoms with Crippen molar-refractivity contribution in [2.75, 3.05) is 23.7 Å². The van der Waals surface area contributed by atoms with Gasteiger partial charge in [0.15, 0.2) is 0 Å². The first kappa shape index (κ1) is 18.4. The number of rotatable bonds is 5. The summed E-state index contributed by atoms with van der Waals surface area (Å²) in [5.41, 5.74) is 10.5. The van der Waals surface area contributed by atoms with Gasteiger partial charge in [0, 0.05) is 29.9 Å². The minimum atomic E-state index is -0.312. The lowest BCUT2D eigenvalue weighted by Crippen LogP contribution is -2.21. The Kier molecular flexibility index (Phi) is 5.37. The van der Waals surface area contributed by atoms with Gasteiger partial charge >= 0.3 is 0 Å². The average molecular weight is 360 g/mol. The normalized spacial score (nSPS) is 10.4. The highest BCUT2D eigenvalue weighted by atomic mass is 19.1. The molecule has 1 aromatic heterocycles. The summed E-state index contributed by atoms with van der Waals surface area (Å²) in [5, 5.41) is 9.55. The minimum Gasteiger partial charge on any atom is -0.383 e. The first-order chi connectivity index (χ1) is 13.1. The summed E-state index contributed by atoms with van der Waals surface area (Å²) in [6.07, 6.45) is 0. The maximum Gasteiger partial charge on any atom is 0.142 e. The second-order valence-electron chi connectivity index (χ2n) is 6.15. The van der Waals surface area contributed by atoms with Crippen LogP contribution in [0.3, 0.4) is 0 Å². The van der Waals surface area contributed by atoms with Gasteiger partial charge in [-0.1, -0.05) is 12.1 Å². The van der Waals surface area contributed by atoms with Crippen LogP contribution in [-0.2, 0) is 0 Å². The predicted octanol–water partition coefficient (Wildman–Crippen LogP) is 4.85. The summed E-state index contributed by atoms with van der Waals surface area (Å²) < 4.78 is 13.2. The van der Waals surface area contributed by atoms with Gasteiger partial charge < -0.3 is 10.6 Å². The first-order valence-electron chi connectivity index (χ1n) is 8.89. The molecule has 136 valence electrons. The van der Waals surface area contributed by atoms with Crippen molar-refractivity contribution in [1.29, 1.82) is 5.26 Å². The molecule has 0 saturated heterocycles. The lowest BCUT2D eigenvalue weighted by Gasteiger charge is -2.21. The quantitative estimate of drug-likeness (QED) is 0.706. The fourth-order valence-electron chi connectivity index (χ4n) is 3.12. The van der Waals surface area contributed by atoms with Gasteiger partial charge in [0.1, 0.15) is 23.3 Å². The van der Waals surface area contributed by atoms with Crippen LogP contribution in [0.2, 0.25) is 0 Å². The molecule has 0 fully saturated rings. The zero-order chi connectivity index (χ0) is 19.4. The van der Waals surface area contributed by atoms with Crippen molar-refractivity contribution < 1.29 is 4.39 Å². The Morgan fingerprint density at radius 2 is 1.59 bits per heavy atom. The maximum atomic E-state index is 13.2. The number of aromatic nitrogens is 1. The molecule has 2 N–H and O–H groups in total. The zero-order valence-corrected chi connectivity index (χ0v) is 15.4. The summed E-state index contributed by atoms with van der Waals surface area (Å²) in [5.74, 6) is -0.144. The molecule has 0 aliphatic rings. The van der Waals surface area contributed by atoms with Crippen molar-refractivity contribution in [1.82, 2.24) is 4.98 Å². The fraction of sp³-hybridized carbons (Fsp3) is 0.182. The van der Waals surface area contributed by atoms with Crippen LogP contribution in [0, 0.1) is 17.1 Å². The van der Waals surface area contributed by atoms with E-state index in [-0.39, 0.29) is 11.6 Å². The topological polar surface area (TPSA) is 65.9 Å². The zero-order valence-electron chi connectivity index (χ0n) is 15.4. The summed E-state index contributed by atoms with van der Waals surface area (Å²) in [4.78, 5) is 6.58. The van der Waals surface area contributed by atoms with Crippen molar-refractivity contribution >= 4 is 11.5 Å². The number of nitriles is 1. The number of hydrogen-bond donors (Lipinski definition) is 1. The Morgan fingerprint density at radius 1 is 1.00 bits per heavy atom. The van der Waals surface area contributed by atoms with Crippen LogP contribution < -0.4 is 10.6 Å². The molecule has 0 bridgehead atoms. The van der Waals surface area contributed by atoms with Gasteiger partial charge in [-0.05, 0) is 61.9 Å². The molecule has 0 aliphatic carbocycles. The molecule has 2 aromatic carbocycles. The summed E-state index contributed by atoms with van der Waals surface area (Å²) in [6.45, 7) is 6.08. The van der Waals surface area contributed by atoms with Gasteiger partial charge in [0.2, 0.25) is 0 Å². The number of nitrogens with two attached hydrogens (primary N) is 1. The van der Waals surface area contributed by atoms with E-state index in [0.29, 0.717) is 11.3 Å². The molecule has 0 aliphatic heterocycles. The number of benzene rings is 2. The van der Waals surface area contributed by atoms with Crippen LogP contribution in [0.25, 0.3) is 22.4 Å². The van der Waals surface area contributed by atoms with Gasteiger partial charge in [-0.2, -0.15) is 5.26 Å². The third kappa shape index (κ3) is 3.75. The SMILES string of the molecule is CCN(CC)c1ccc(-c2cc(-c3ccc(F)cc3)nc(N)c2C#N)cc1. The monoisotopic (exact) mass is 360 g/mol. The van der Waals surface area contributed by atoms with E-state index in [0.717, 1.165) is 35.5 Å². The number of hydrogen-bond acceptors (Lipinski definition) is 4. The van der Waals surface area contributed by atoms with Crippen LogP contribution in [0.5, 0.6) is 0 Å². The van der Waals surface area contributed by atoms with Gasteiger partial charge in [-0.15, -0.1) is 0 Å². The largest absolute Gasteiger partial charge is 0.383 e. The minimum absolute atomic E-state index is 0.169. The second-order valence-corrected chi connectivity index (χ2v) is 6.15. The first-order valence-corrected chi connectivity index (χ1v) is 8.89. The Labute approximate surface area is 158 Å². The lowest BCUT2D eigenvalue weighted by molar-refractivity contribution is 0.628. The number of pyridine rings is 1. The van der Waals surface area contributed by atoms with Crippen LogP contribution in [-0.4, -0.2) is 18.1 Å². The molecule has 4 nitrogen and oxygen atoms in total. The lowest BCUT2D eigenvalue weighted by atomic mass is 9.98. The van der Waals surface area contributed by atoms with Crippen LogP contribution in [0.4, 0.5) is 15.9 Å². The van der Waals surface area contributed by atoms with Gasteiger partial charge in [-0.3, -0.25) is 0 Å². The van der Waals surface area contributed by atoms with Crippen molar-refractivity contribution in [3.63, 3.8) is 0 Å². The number of nitrogen functional groups attached to an aromatic ring is 1. The average Bonchev–Trinajstić information content (AvgIpc) is 2.69. The van der Waals surface area contributed by atoms with E-state index in [1.807, 2.05) is 30.3 Å². The number of nitrogens with zero attached hydrogens (tertiary/aromatic N) is 3. The van der Waals surface area contributed by atoms with E-state index in [1.165, 1.54) is 12.1 Å². The van der Waals surface area contributed by atoms with Crippen LogP contribution >= 0.6 is 0 Å². The molecule has 27 heavy (non-hydrogen) atoms. The molecule has 3 rings (SSSR count). The van der Waals surface area contributed by atoms with E-state index >= 15 is 0 Å². The Balaban J connectivity index is 2.08. The van der Waals surface area contributed by atoms with E-state index in [9.17, 15) is 9.65 Å². The summed E-state index contributed by atoms with van der Waals surface area (Å²) in [7, 11) is 0.